The number of rotatable bonds is 0. The maximum atomic E-state index is 1.86. The Morgan fingerprint density at radius 1 is 0.400 bits per heavy atom. The minimum absolute atomic E-state index is 1.07. The summed E-state index contributed by atoms with van der Waals surface area (Å²) in [5.74, 6) is 19.3. The van der Waals surface area contributed by atoms with E-state index in [1.54, 1.807) is 12.8 Å². The third kappa shape index (κ3) is 0.214. The quantitative estimate of drug-likeness (QED) is 0.606. The zero-order valence-electron chi connectivity index (χ0n) is 16.7. The summed E-state index contributed by atoms with van der Waals surface area (Å²) < 4.78 is 0. The molecule has 21 saturated carbocycles. The van der Waals surface area contributed by atoms with Gasteiger partial charge in [-0.3, -0.25) is 0 Å². The van der Waals surface area contributed by atoms with Crippen LogP contribution < -0.4 is 0 Å². The number of fused-ring (bicyclic) bond motifs is 8. The highest BCUT2D eigenvalue weighted by molar-refractivity contribution is 6.02. The molecular formula is C30H20. The highest BCUT2D eigenvalue weighted by Gasteiger charge is 3.57. The van der Waals surface area contributed by atoms with Crippen LogP contribution in [0, 0.1) is 153 Å². The molecule has 27 atom stereocenters. The van der Waals surface area contributed by atoms with Gasteiger partial charge >= 0.3 is 0 Å². The molecule has 13 spiro atoms. The normalized spacial score (nSPS) is 136. The Bertz CT molecular complexity index is 1690. The first-order chi connectivity index (χ1) is 14.9. The standard InChI is InChI=1S/C30H20/c1-4-9-8-3-18-13-14-12-7-2-5-10-11-6(1)20(4)24(9)22(8,18)28-17(18)16-15(13)21(14)23(12)19(5,7)25(10)26(11,20)30(24,28)29(23,25)27(16,21)28/h4-17H,1-3H2. The van der Waals surface area contributed by atoms with Crippen molar-refractivity contribution >= 4 is 0 Å². The van der Waals surface area contributed by atoms with Gasteiger partial charge in [-0.1, -0.05) is 0 Å². The molecule has 0 aromatic rings. The molecule has 0 nitrogen and oxygen atoms in total. The summed E-state index contributed by atoms with van der Waals surface area (Å²) in [5.41, 5.74) is 14.6. The molecule has 21 fully saturated rings. The van der Waals surface area contributed by atoms with Crippen LogP contribution in [0.25, 0.3) is 0 Å². The van der Waals surface area contributed by atoms with E-state index in [1.165, 1.54) is 82.9 Å². The molecule has 21 aliphatic rings. The second kappa shape index (κ2) is 1.50. The summed E-state index contributed by atoms with van der Waals surface area (Å²) in [4.78, 5) is 0. The average Bonchev–Trinajstić information content (AvgIpc) is 2.67. The Kier molecular flexibility index (Phi) is 0.506. The number of hydrogen-bond donors (Lipinski definition) is 0. The van der Waals surface area contributed by atoms with Gasteiger partial charge in [0.1, 0.15) is 0 Å². The predicted molar refractivity (Wildman–Crippen MR) is 94.3 cm³/mol. The van der Waals surface area contributed by atoms with Crippen molar-refractivity contribution in [2.24, 2.45) is 153 Å². The molecule has 0 amide bonds. The van der Waals surface area contributed by atoms with Crippen molar-refractivity contribution in [3.63, 3.8) is 0 Å². The molecule has 21 rings (SSSR count). The van der Waals surface area contributed by atoms with Gasteiger partial charge in [-0.15, -0.1) is 0 Å². The minimum Gasteiger partial charge on any atom is -0.0458 e. The average molecular weight is 380 g/mol. The Morgan fingerprint density at radius 3 is 1.83 bits per heavy atom. The molecule has 0 N–H and O–H groups in total. The molecule has 0 radical (unpaired) electrons. The van der Waals surface area contributed by atoms with E-state index in [-0.39, 0.29) is 0 Å². The summed E-state index contributed by atoms with van der Waals surface area (Å²) in [6, 6.07) is 0. The second-order valence-corrected chi connectivity index (χ2v) is 19.2. The zero-order valence-corrected chi connectivity index (χ0v) is 16.7. The summed E-state index contributed by atoms with van der Waals surface area (Å²) in [5, 5.41) is 0. The molecule has 0 saturated heterocycles. The van der Waals surface area contributed by atoms with Gasteiger partial charge in [-0.05, 0) is 173 Å². The van der Waals surface area contributed by atoms with Gasteiger partial charge in [-0.25, -0.2) is 0 Å². The Balaban J connectivity index is 1.18. The summed E-state index contributed by atoms with van der Waals surface area (Å²) in [7, 11) is 0. The molecule has 0 heterocycles. The smallest absolute Gasteiger partial charge is 0.00105 e. The Hall–Kier alpha value is 0. The monoisotopic (exact) mass is 380 g/mol. The highest BCUT2D eigenvalue weighted by atomic mass is 15.6. The third-order valence-electron chi connectivity index (χ3n) is 25.3. The van der Waals surface area contributed by atoms with Gasteiger partial charge in [0.15, 0.2) is 0 Å². The van der Waals surface area contributed by atoms with E-state index in [0.29, 0.717) is 0 Å². The molecule has 140 valence electrons. The number of hydrogen-bond acceptors (Lipinski definition) is 0. The lowest BCUT2D eigenvalue weighted by atomic mass is 8.49. The lowest BCUT2D eigenvalue weighted by Crippen LogP contribution is -3.52. The van der Waals surface area contributed by atoms with E-state index >= 15 is 0 Å². The van der Waals surface area contributed by atoms with Crippen LogP contribution in [0.4, 0.5) is 0 Å². The molecular weight excluding hydrogens is 360 g/mol. The first-order valence-corrected chi connectivity index (χ1v) is 14.9. The van der Waals surface area contributed by atoms with Crippen LogP contribution in [-0.4, -0.2) is 0 Å². The third-order valence-corrected chi connectivity index (χ3v) is 25.3. The molecule has 27 unspecified atom stereocenters. The van der Waals surface area contributed by atoms with E-state index in [2.05, 4.69) is 0 Å². The molecule has 0 bridgehead atoms. The molecule has 0 aromatic carbocycles. The topological polar surface area (TPSA) is 0 Å². The Labute approximate surface area is 172 Å². The predicted octanol–water partition coefficient (Wildman–Crippen LogP) is 2.89. The fraction of sp³-hybridized carbons (Fsp3) is 1.00. The van der Waals surface area contributed by atoms with E-state index in [9.17, 15) is 0 Å². The van der Waals surface area contributed by atoms with E-state index in [4.69, 9.17) is 0 Å². The van der Waals surface area contributed by atoms with Gasteiger partial charge in [0, 0.05) is 0 Å². The van der Waals surface area contributed by atoms with Crippen LogP contribution in [0.1, 0.15) is 19.3 Å². The van der Waals surface area contributed by atoms with Crippen LogP contribution in [0.2, 0.25) is 0 Å². The van der Waals surface area contributed by atoms with Crippen molar-refractivity contribution in [1.29, 1.82) is 0 Å². The van der Waals surface area contributed by atoms with Crippen LogP contribution in [-0.2, 0) is 0 Å². The fourth-order valence-electron chi connectivity index (χ4n) is 31.7. The molecule has 0 heteroatoms. The lowest BCUT2D eigenvalue weighted by Gasteiger charge is -3.53. The van der Waals surface area contributed by atoms with Crippen molar-refractivity contribution < 1.29 is 0 Å². The Morgan fingerprint density at radius 2 is 1.00 bits per heavy atom. The molecule has 30 heavy (non-hydrogen) atoms. The van der Waals surface area contributed by atoms with Gasteiger partial charge in [0.05, 0.1) is 0 Å². The van der Waals surface area contributed by atoms with Crippen LogP contribution in [0.15, 0.2) is 0 Å². The maximum absolute atomic E-state index is 1.86. The van der Waals surface area contributed by atoms with Gasteiger partial charge in [0.2, 0.25) is 0 Å². The van der Waals surface area contributed by atoms with E-state index in [1.807, 2.05) is 6.42 Å². The summed E-state index contributed by atoms with van der Waals surface area (Å²) >= 11 is 0. The van der Waals surface area contributed by atoms with Crippen molar-refractivity contribution in [3.05, 3.63) is 0 Å². The highest BCUT2D eigenvalue weighted by Crippen LogP contribution is 3.58. The largest absolute Gasteiger partial charge is 0.0458 e. The molecule has 0 aliphatic heterocycles. The van der Waals surface area contributed by atoms with Gasteiger partial charge in [-0.2, -0.15) is 0 Å². The molecule has 21 aliphatic carbocycles. The van der Waals surface area contributed by atoms with Crippen LogP contribution in [0.5, 0.6) is 0 Å². The first-order valence-electron chi connectivity index (χ1n) is 14.9. The van der Waals surface area contributed by atoms with Crippen LogP contribution in [0.3, 0.4) is 0 Å². The van der Waals surface area contributed by atoms with Crippen molar-refractivity contribution in [3.8, 4) is 0 Å². The summed E-state index contributed by atoms with van der Waals surface area (Å²) in [6.07, 6.45) is 5.46. The maximum Gasteiger partial charge on any atom is -0.00105 e. The summed E-state index contributed by atoms with van der Waals surface area (Å²) in [6.45, 7) is 0. The van der Waals surface area contributed by atoms with Gasteiger partial charge in [0.25, 0.3) is 0 Å². The first kappa shape index (κ1) is 10.1. The molecule has 0 aromatic heterocycles. The van der Waals surface area contributed by atoms with Crippen LogP contribution >= 0.6 is 0 Å². The van der Waals surface area contributed by atoms with Crippen molar-refractivity contribution in [2.45, 2.75) is 19.3 Å². The van der Waals surface area contributed by atoms with Gasteiger partial charge < -0.3 is 0 Å². The fourth-order valence-corrected chi connectivity index (χ4v) is 31.7. The zero-order chi connectivity index (χ0) is 16.7. The van der Waals surface area contributed by atoms with Crippen molar-refractivity contribution in [2.75, 3.05) is 0 Å². The minimum atomic E-state index is 1.07. The lowest BCUT2D eigenvalue weighted by molar-refractivity contribution is -1.09. The van der Waals surface area contributed by atoms with E-state index < -0.39 is 0 Å². The van der Waals surface area contributed by atoms with Crippen molar-refractivity contribution in [1.82, 2.24) is 0 Å². The second-order valence-electron chi connectivity index (χ2n) is 19.2. The SMILES string of the molecule is C1C2C3C4C5C6C7C8C59CC5C%10C%11CC%12C%13C%14C1C21C32C46C73C84C59C%105C%11%12C%136C%141C23C564. The van der Waals surface area contributed by atoms with E-state index in [0.717, 1.165) is 70.4 Å².